The largest absolute Gasteiger partial charge is 0.486 e. The molecule has 0 radical (unpaired) electrons. The molecule has 0 saturated heterocycles. The summed E-state index contributed by atoms with van der Waals surface area (Å²) >= 11 is 0. The zero-order valence-corrected chi connectivity index (χ0v) is 8.86. The Balaban J connectivity index is 2.78. The molecule has 1 aromatic rings. The van der Waals surface area contributed by atoms with Crippen molar-refractivity contribution in [3.05, 3.63) is 60.4 Å². The molecule has 15 heavy (non-hydrogen) atoms. The van der Waals surface area contributed by atoms with Gasteiger partial charge >= 0.3 is 0 Å². The molecule has 76 valence electrons. The molecule has 0 amide bonds. The SMILES string of the molecule is C=C/C=C(/C#Cc1ccccc1)OCC. The van der Waals surface area contributed by atoms with E-state index in [4.69, 9.17) is 4.74 Å². The first-order valence-corrected chi connectivity index (χ1v) is 4.89. The lowest BCUT2D eigenvalue weighted by Crippen LogP contribution is -1.87. The van der Waals surface area contributed by atoms with Crippen molar-refractivity contribution in [1.29, 1.82) is 0 Å². The van der Waals surface area contributed by atoms with E-state index in [0.717, 1.165) is 5.56 Å². The van der Waals surface area contributed by atoms with Crippen LogP contribution in [0.1, 0.15) is 12.5 Å². The predicted octanol–water partition coefficient (Wildman–Crippen LogP) is 3.14. The molecular formula is C14H14O. The third kappa shape index (κ3) is 4.19. The van der Waals surface area contributed by atoms with Crippen molar-refractivity contribution >= 4 is 0 Å². The molecule has 0 atom stereocenters. The third-order valence-corrected chi connectivity index (χ3v) is 1.67. The van der Waals surface area contributed by atoms with Crippen LogP contribution in [0.2, 0.25) is 0 Å². The third-order valence-electron chi connectivity index (χ3n) is 1.67. The summed E-state index contributed by atoms with van der Waals surface area (Å²) in [6.45, 7) is 6.16. The number of allylic oxidation sites excluding steroid dienone is 3. The molecule has 0 aliphatic carbocycles. The van der Waals surface area contributed by atoms with Crippen molar-refractivity contribution in [1.82, 2.24) is 0 Å². The maximum atomic E-state index is 5.32. The van der Waals surface area contributed by atoms with Crippen molar-refractivity contribution in [3.8, 4) is 11.8 Å². The van der Waals surface area contributed by atoms with Crippen molar-refractivity contribution in [2.75, 3.05) is 6.61 Å². The number of hydrogen-bond donors (Lipinski definition) is 0. The highest BCUT2D eigenvalue weighted by atomic mass is 16.5. The first kappa shape index (κ1) is 11.1. The number of ether oxygens (including phenoxy) is 1. The topological polar surface area (TPSA) is 9.23 Å². The molecule has 0 fully saturated rings. The maximum Gasteiger partial charge on any atom is 0.170 e. The highest BCUT2D eigenvalue weighted by Crippen LogP contribution is 1.99. The van der Waals surface area contributed by atoms with Crippen LogP contribution in [0.15, 0.2) is 54.8 Å². The van der Waals surface area contributed by atoms with Crippen LogP contribution in [-0.2, 0) is 4.74 Å². The van der Waals surface area contributed by atoms with Gasteiger partial charge < -0.3 is 4.74 Å². The van der Waals surface area contributed by atoms with Gasteiger partial charge in [-0.3, -0.25) is 0 Å². The van der Waals surface area contributed by atoms with Gasteiger partial charge in [0.15, 0.2) is 5.76 Å². The van der Waals surface area contributed by atoms with Crippen LogP contribution in [0.3, 0.4) is 0 Å². The second-order valence-electron chi connectivity index (χ2n) is 2.82. The van der Waals surface area contributed by atoms with Gasteiger partial charge in [-0.25, -0.2) is 0 Å². The van der Waals surface area contributed by atoms with Crippen molar-refractivity contribution in [2.24, 2.45) is 0 Å². The summed E-state index contributed by atoms with van der Waals surface area (Å²) in [6, 6.07) is 9.81. The highest BCUT2D eigenvalue weighted by Gasteiger charge is 1.88. The minimum atomic E-state index is 0.614. The summed E-state index contributed by atoms with van der Waals surface area (Å²) in [5, 5.41) is 0. The van der Waals surface area contributed by atoms with Crippen LogP contribution in [0, 0.1) is 11.8 Å². The van der Waals surface area contributed by atoms with E-state index in [1.165, 1.54) is 0 Å². The molecule has 1 aromatic carbocycles. The van der Waals surface area contributed by atoms with Gasteiger partial charge in [0.05, 0.1) is 6.61 Å². The van der Waals surface area contributed by atoms with Crippen molar-refractivity contribution < 1.29 is 4.74 Å². The molecule has 0 saturated carbocycles. The van der Waals surface area contributed by atoms with E-state index in [2.05, 4.69) is 18.4 Å². The molecule has 0 unspecified atom stereocenters. The van der Waals surface area contributed by atoms with E-state index < -0.39 is 0 Å². The van der Waals surface area contributed by atoms with Gasteiger partial charge in [-0.05, 0) is 31.1 Å². The molecule has 0 N–H and O–H groups in total. The molecule has 1 rings (SSSR count). The smallest absolute Gasteiger partial charge is 0.170 e. The average molecular weight is 198 g/mol. The highest BCUT2D eigenvalue weighted by molar-refractivity contribution is 5.39. The predicted molar refractivity (Wildman–Crippen MR) is 63.2 cm³/mol. The molecule has 0 heterocycles. The van der Waals surface area contributed by atoms with Crippen LogP contribution in [-0.4, -0.2) is 6.61 Å². The quantitative estimate of drug-likeness (QED) is 0.412. The van der Waals surface area contributed by atoms with E-state index in [-0.39, 0.29) is 0 Å². The summed E-state index contributed by atoms with van der Waals surface area (Å²) in [4.78, 5) is 0. The fraction of sp³-hybridized carbons (Fsp3) is 0.143. The Morgan fingerprint density at radius 2 is 2.13 bits per heavy atom. The van der Waals surface area contributed by atoms with E-state index in [1.807, 2.05) is 37.3 Å². The molecule has 0 spiro atoms. The standard InChI is InChI=1S/C14H14O/c1-3-8-14(15-4-2)12-11-13-9-6-5-7-10-13/h3,5-10H,1,4H2,2H3/b14-8-. The maximum absolute atomic E-state index is 5.32. The Bertz CT molecular complexity index is 390. The Labute approximate surface area is 91.1 Å². The second-order valence-corrected chi connectivity index (χ2v) is 2.82. The molecule has 0 aliphatic rings. The Kier molecular flexibility index (Phi) is 4.83. The van der Waals surface area contributed by atoms with E-state index in [0.29, 0.717) is 12.4 Å². The zero-order valence-electron chi connectivity index (χ0n) is 8.86. The van der Waals surface area contributed by atoms with Crippen LogP contribution in [0.4, 0.5) is 0 Å². The van der Waals surface area contributed by atoms with E-state index in [9.17, 15) is 0 Å². The van der Waals surface area contributed by atoms with Crippen LogP contribution in [0.25, 0.3) is 0 Å². The fourth-order valence-electron chi connectivity index (χ4n) is 1.04. The van der Waals surface area contributed by atoms with Crippen LogP contribution in [0.5, 0.6) is 0 Å². The van der Waals surface area contributed by atoms with E-state index >= 15 is 0 Å². The minimum absolute atomic E-state index is 0.614. The van der Waals surface area contributed by atoms with Crippen molar-refractivity contribution in [3.63, 3.8) is 0 Å². The average Bonchev–Trinajstić information content (AvgIpc) is 2.28. The molecule has 0 aliphatic heterocycles. The summed E-state index contributed by atoms with van der Waals surface area (Å²) in [5.41, 5.74) is 0.979. The number of rotatable bonds is 3. The monoisotopic (exact) mass is 198 g/mol. The van der Waals surface area contributed by atoms with Gasteiger partial charge in [0, 0.05) is 5.56 Å². The van der Waals surface area contributed by atoms with Gasteiger partial charge in [-0.1, -0.05) is 36.8 Å². The Morgan fingerprint density at radius 1 is 1.40 bits per heavy atom. The summed E-state index contributed by atoms with van der Waals surface area (Å²) in [5.74, 6) is 6.63. The lowest BCUT2D eigenvalue weighted by atomic mass is 10.2. The van der Waals surface area contributed by atoms with Gasteiger partial charge in [-0.15, -0.1) is 0 Å². The first-order valence-electron chi connectivity index (χ1n) is 4.89. The summed E-state index contributed by atoms with van der Waals surface area (Å²) < 4.78 is 5.32. The molecule has 1 heteroatoms. The lowest BCUT2D eigenvalue weighted by molar-refractivity contribution is 0.246. The molecule has 0 aromatic heterocycles. The van der Waals surface area contributed by atoms with Crippen LogP contribution < -0.4 is 0 Å². The van der Waals surface area contributed by atoms with Crippen molar-refractivity contribution in [2.45, 2.75) is 6.92 Å². The molecule has 1 nitrogen and oxygen atoms in total. The fourth-order valence-corrected chi connectivity index (χ4v) is 1.04. The van der Waals surface area contributed by atoms with Gasteiger partial charge in [0.2, 0.25) is 0 Å². The second kappa shape index (κ2) is 6.50. The number of benzene rings is 1. The zero-order chi connectivity index (χ0) is 10.9. The molecular weight excluding hydrogens is 184 g/mol. The van der Waals surface area contributed by atoms with Gasteiger partial charge in [-0.2, -0.15) is 0 Å². The summed E-state index contributed by atoms with van der Waals surface area (Å²) in [7, 11) is 0. The normalized spacial score (nSPS) is 10.1. The molecule has 0 bridgehead atoms. The first-order chi connectivity index (χ1) is 7.36. The van der Waals surface area contributed by atoms with Gasteiger partial charge in [0.25, 0.3) is 0 Å². The Hall–Kier alpha value is -1.94. The van der Waals surface area contributed by atoms with E-state index in [1.54, 1.807) is 12.2 Å². The van der Waals surface area contributed by atoms with Gasteiger partial charge in [0.1, 0.15) is 0 Å². The van der Waals surface area contributed by atoms with Crippen LogP contribution >= 0.6 is 0 Å². The number of hydrogen-bond acceptors (Lipinski definition) is 1. The summed E-state index contributed by atoms with van der Waals surface area (Å²) in [6.07, 6.45) is 3.43. The minimum Gasteiger partial charge on any atom is -0.486 e. The Morgan fingerprint density at radius 3 is 2.73 bits per heavy atom. The lowest BCUT2D eigenvalue weighted by Gasteiger charge is -1.98.